The van der Waals surface area contributed by atoms with Gasteiger partial charge in [0.25, 0.3) is 11.8 Å². The molecule has 2 aromatic carbocycles. The van der Waals surface area contributed by atoms with E-state index in [1.165, 1.54) is 24.5 Å². The Morgan fingerprint density at radius 2 is 1.59 bits per heavy atom. The van der Waals surface area contributed by atoms with Crippen LogP contribution in [0, 0.1) is 6.92 Å². The van der Waals surface area contributed by atoms with E-state index in [2.05, 4.69) is 10.3 Å². The second-order valence-corrected chi connectivity index (χ2v) is 8.41. The van der Waals surface area contributed by atoms with Gasteiger partial charge in [0.1, 0.15) is 0 Å². The summed E-state index contributed by atoms with van der Waals surface area (Å²) < 4.78 is 38.4. The molecule has 4 rings (SSSR count). The van der Waals surface area contributed by atoms with Crippen LogP contribution in [0.3, 0.4) is 0 Å². The molecule has 5 nitrogen and oxygen atoms in total. The number of hydrogen-bond acceptors (Lipinski definition) is 3. The molecule has 1 aliphatic rings. The summed E-state index contributed by atoms with van der Waals surface area (Å²) in [7, 11) is 0. The third-order valence-electron chi connectivity index (χ3n) is 6.17. The van der Waals surface area contributed by atoms with Crippen LogP contribution >= 0.6 is 0 Å². The summed E-state index contributed by atoms with van der Waals surface area (Å²) in [5.41, 5.74) is 2.54. The monoisotopic (exact) mass is 467 g/mol. The van der Waals surface area contributed by atoms with E-state index in [4.69, 9.17) is 0 Å². The van der Waals surface area contributed by atoms with E-state index >= 15 is 0 Å². The van der Waals surface area contributed by atoms with Gasteiger partial charge >= 0.3 is 6.18 Å². The largest absolute Gasteiger partial charge is 0.416 e. The number of alkyl halides is 3. The quantitative estimate of drug-likeness (QED) is 0.537. The minimum Gasteiger partial charge on any atom is -0.339 e. The van der Waals surface area contributed by atoms with Gasteiger partial charge in [-0.2, -0.15) is 13.2 Å². The van der Waals surface area contributed by atoms with Gasteiger partial charge in [0.05, 0.1) is 5.56 Å². The molecule has 0 unspecified atom stereocenters. The Bertz CT molecular complexity index is 1170. The van der Waals surface area contributed by atoms with Crippen LogP contribution in [0.5, 0.6) is 0 Å². The number of aromatic nitrogens is 1. The zero-order chi connectivity index (χ0) is 24.3. The van der Waals surface area contributed by atoms with Gasteiger partial charge in [-0.15, -0.1) is 0 Å². The lowest BCUT2D eigenvalue weighted by molar-refractivity contribution is -0.137. The SMILES string of the molecule is Cc1ccc(C(=O)N2CCC(c3ccc(C(F)(F)F)cc3)CC2)cc1NC(=O)c1ccncc1. The highest BCUT2D eigenvalue weighted by molar-refractivity contribution is 6.05. The van der Waals surface area contributed by atoms with E-state index in [1.807, 2.05) is 6.92 Å². The average molecular weight is 467 g/mol. The number of carbonyl (C=O) groups excluding carboxylic acids is 2. The fourth-order valence-electron chi connectivity index (χ4n) is 4.13. The summed E-state index contributed by atoms with van der Waals surface area (Å²) in [5.74, 6) is -0.308. The number of aryl methyl sites for hydroxylation is 1. The average Bonchev–Trinajstić information content (AvgIpc) is 2.85. The predicted octanol–water partition coefficient (Wildman–Crippen LogP) is 5.68. The minimum absolute atomic E-state index is 0.111. The maximum absolute atomic E-state index is 13.1. The number of halogens is 3. The molecular weight excluding hydrogens is 443 g/mol. The smallest absolute Gasteiger partial charge is 0.339 e. The van der Waals surface area contributed by atoms with Gasteiger partial charge in [-0.25, -0.2) is 0 Å². The Kier molecular flexibility index (Phi) is 6.68. The summed E-state index contributed by atoms with van der Waals surface area (Å²) in [6, 6.07) is 13.7. The van der Waals surface area contributed by atoms with Crippen molar-refractivity contribution < 1.29 is 22.8 Å². The molecule has 0 aliphatic carbocycles. The maximum Gasteiger partial charge on any atom is 0.416 e. The number of rotatable bonds is 4. The molecule has 0 bridgehead atoms. The number of benzene rings is 2. The molecule has 2 heterocycles. The molecule has 1 fully saturated rings. The van der Waals surface area contributed by atoms with Crippen LogP contribution in [0.1, 0.15) is 56.2 Å². The number of likely N-dealkylation sites (tertiary alicyclic amines) is 1. The molecule has 1 saturated heterocycles. The van der Waals surface area contributed by atoms with E-state index in [0.717, 1.165) is 23.3 Å². The molecule has 176 valence electrons. The van der Waals surface area contributed by atoms with Crippen molar-refractivity contribution in [3.63, 3.8) is 0 Å². The highest BCUT2D eigenvalue weighted by Gasteiger charge is 2.31. The van der Waals surface area contributed by atoms with Crippen LogP contribution < -0.4 is 5.32 Å². The first kappa shape index (κ1) is 23.5. The standard InChI is InChI=1S/C26H24F3N3O2/c1-17-2-3-21(16-23(17)31-24(33)20-8-12-30-13-9-20)25(34)32-14-10-19(11-15-32)18-4-6-22(7-5-18)26(27,28)29/h2-9,12-13,16,19H,10-11,14-15H2,1H3,(H,31,33). The Labute approximate surface area is 195 Å². The number of nitrogens with one attached hydrogen (secondary N) is 1. The molecule has 0 atom stereocenters. The summed E-state index contributed by atoms with van der Waals surface area (Å²) in [6.07, 6.45) is 0.0776. The number of pyridine rings is 1. The minimum atomic E-state index is -4.35. The van der Waals surface area contributed by atoms with Crippen LogP contribution in [-0.4, -0.2) is 34.8 Å². The van der Waals surface area contributed by atoms with Crippen molar-refractivity contribution >= 4 is 17.5 Å². The van der Waals surface area contributed by atoms with Crippen molar-refractivity contribution in [3.05, 3.63) is 94.8 Å². The maximum atomic E-state index is 13.1. The first-order chi connectivity index (χ1) is 16.2. The normalized spacial score (nSPS) is 14.6. The lowest BCUT2D eigenvalue weighted by Gasteiger charge is -2.32. The van der Waals surface area contributed by atoms with Crippen LogP contribution in [0.4, 0.5) is 18.9 Å². The van der Waals surface area contributed by atoms with Crippen molar-refractivity contribution in [3.8, 4) is 0 Å². The molecule has 3 aromatic rings. The summed E-state index contributed by atoms with van der Waals surface area (Å²) in [6.45, 7) is 2.88. The third-order valence-corrected chi connectivity index (χ3v) is 6.17. The molecular formula is C26H24F3N3O2. The Morgan fingerprint density at radius 1 is 0.941 bits per heavy atom. The number of anilines is 1. The number of carbonyl (C=O) groups is 2. The van der Waals surface area contributed by atoms with Gasteiger partial charge in [0.2, 0.25) is 0 Å². The van der Waals surface area contributed by atoms with Crippen molar-refractivity contribution in [2.24, 2.45) is 0 Å². The second kappa shape index (κ2) is 9.67. The highest BCUT2D eigenvalue weighted by atomic mass is 19.4. The van der Waals surface area contributed by atoms with Gasteiger partial charge in [-0.3, -0.25) is 14.6 Å². The van der Waals surface area contributed by atoms with E-state index in [1.54, 1.807) is 35.2 Å². The molecule has 1 aromatic heterocycles. The van der Waals surface area contributed by atoms with E-state index in [0.29, 0.717) is 42.7 Å². The topological polar surface area (TPSA) is 62.3 Å². The summed E-state index contributed by atoms with van der Waals surface area (Å²) in [5, 5.41) is 2.85. The Morgan fingerprint density at radius 3 is 2.21 bits per heavy atom. The van der Waals surface area contributed by atoms with Gasteiger partial charge in [0.15, 0.2) is 0 Å². The lowest BCUT2D eigenvalue weighted by Crippen LogP contribution is -2.38. The fourth-order valence-corrected chi connectivity index (χ4v) is 4.13. The van der Waals surface area contributed by atoms with Crippen molar-refractivity contribution in [1.82, 2.24) is 9.88 Å². The molecule has 1 aliphatic heterocycles. The highest BCUT2D eigenvalue weighted by Crippen LogP contribution is 2.33. The van der Waals surface area contributed by atoms with Crippen LogP contribution in [0.2, 0.25) is 0 Å². The number of nitrogens with zero attached hydrogens (tertiary/aromatic N) is 2. The van der Waals surface area contributed by atoms with Crippen LogP contribution in [0.15, 0.2) is 67.0 Å². The molecule has 2 amide bonds. The molecule has 34 heavy (non-hydrogen) atoms. The number of amides is 2. The summed E-state index contributed by atoms with van der Waals surface area (Å²) >= 11 is 0. The van der Waals surface area contributed by atoms with Crippen molar-refractivity contribution in [2.45, 2.75) is 31.9 Å². The molecule has 1 N–H and O–H groups in total. The first-order valence-corrected chi connectivity index (χ1v) is 11.0. The van der Waals surface area contributed by atoms with Gasteiger partial charge < -0.3 is 10.2 Å². The predicted molar refractivity (Wildman–Crippen MR) is 123 cm³/mol. The van der Waals surface area contributed by atoms with Gasteiger partial charge in [-0.05, 0) is 73.2 Å². The zero-order valence-electron chi connectivity index (χ0n) is 18.6. The number of hydrogen-bond donors (Lipinski definition) is 1. The van der Waals surface area contributed by atoms with Crippen LogP contribution in [-0.2, 0) is 6.18 Å². The van der Waals surface area contributed by atoms with Crippen molar-refractivity contribution in [2.75, 3.05) is 18.4 Å². The molecule has 0 saturated carbocycles. The molecule has 0 spiro atoms. The lowest BCUT2D eigenvalue weighted by atomic mass is 9.88. The van der Waals surface area contributed by atoms with Crippen molar-refractivity contribution in [1.29, 1.82) is 0 Å². The van der Waals surface area contributed by atoms with Gasteiger partial charge in [0, 0.05) is 42.3 Å². The van der Waals surface area contributed by atoms with E-state index in [-0.39, 0.29) is 17.7 Å². The summed E-state index contributed by atoms with van der Waals surface area (Å²) in [4.78, 5) is 31.3. The van der Waals surface area contributed by atoms with Gasteiger partial charge in [-0.1, -0.05) is 18.2 Å². The molecule has 0 radical (unpaired) electrons. The Hall–Kier alpha value is -3.68. The zero-order valence-corrected chi connectivity index (χ0v) is 18.6. The van der Waals surface area contributed by atoms with E-state index < -0.39 is 11.7 Å². The third kappa shape index (κ3) is 5.27. The van der Waals surface area contributed by atoms with Crippen LogP contribution in [0.25, 0.3) is 0 Å². The second-order valence-electron chi connectivity index (χ2n) is 8.41. The fraction of sp³-hybridized carbons (Fsp3) is 0.269. The Balaban J connectivity index is 1.40. The van der Waals surface area contributed by atoms with E-state index in [9.17, 15) is 22.8 Å². The number of piperidine rings is 1. The first-order valence-electron chi connectivity index (χ1n) is 11.0. The molecule has 8 heteroatoms.